The molecule has 0 spiro atoms. The van der Waals surface area contributed by atoms with Gasteiger partial charge in [-0.2, -0.15) is 0 Å². The van der Waals surface area contributed by atoms with Crippen molar-refractivity contribution in [2.45, 2.75) is 6.54 Å². The Bertz CT molecular complexity index is 1150. The molecule has 2 aromatic heterocycles. The lowest BCUT2D eigenvalue weighted by Gasteiger charge is -2.07. The molecule has 27 heavy (non-hydrogen) atoms. The molecule has 7 heteroatoms. The Morgan fingerprint density at radius 2 is 1.93 bits per heavy atom. The SMILES string of the molecule is O=C(NCc1nc(-c2ccccc2)cs1)Nc1ccc2oc(=O)ccc2c1. The van der Waals surface area contributed by atoms with Crippen LogP contribution in [0.5, 0.6) is 0 Å². The highest BCUT2D eigenvalue weighted by molar-refractivity contribution is 7.09. The van der Waals surface area contributed by atoms with Gasteiger partial charge in [-0.15, -0.1) is 11.3 Å². The van der Waals surface area contributed by atoms with E-state index in [4.69, 9.17) is 4.42 Å². The third kappa shape index (κ3) is 4.04. The number of nitrogens with zero attached hydrogens (tertiary/aromatic N) is 1. The molecule has 2 amide bonds. The Hall–Kier alpha value is -3.45. The van der Waals surface area contributed by atoms with Gasteiger partial charge in [0.25, 0.3) is 0 Å². The van der Waals surface area contributed by atoms with Crippen molar-refractivity contribution < 1.29 is 9.21 Å². The van der Waals surface area contributed by atoms with Gasteiger partial charge in [0.15, 0.2) is 0 Å². The third-order valence-electron chi connectivity index (χ3n) is 3.90. The molecule has 0 aliphatic rings. The summed E-state index contributed by atoms with van der Waals surface area (Å²) in [5.74, 6) is 0. The number of rotatable bonds is 4. The fraction of sp³-hybridized carbons (Fsp3) is 0.0500. The van der Waals surface area contributed by atoms with E-state index >= 15 is 0 Å². The number of anilines is 1. The molecule has 0 bridgehead atoms. The van der Waals surface area contributed by atoms with Crippen molar-refractivity contribution in [1.29, 1.82) is 0 Å². The minimum atomic E-state index is -0.403. The number of amides is 2. The van der Waals surface area contributed by atoms with Crippen molar-refractivity contribution in [2.75, 3.05) is 5.32 Å². The van der Waals surface area contributed by atoms with E-state index in [9.17, 15) is 9.59 Å². The highest BCUT2D eigenvalue weighted by Gasteiger charge is 2.07. The Balaban J connectivity index is 1.38. The summed E-state index contributed by atoms with van der Waals surface area (Å²) in [6.45, 7) is 0.339. The number of urea groups is 1. The standard InChI is InChI=1S/C20H15N3O3S/c24-19-9-6-14-10-15(7-8-17(14)26-19)22-20(25)21-11-18-23-16(12-27-18)13-4-2-1-3-5-13/h1-10,12H,11H2,(H2,21,22,25). The summed E-state index contributed by atoms with van der Waals surface area (Å²) in [6, 6.07) is 17.6. The molecule has 0 aliphatic heterocycles. The molecule has 2 aromatic carbocycles. The Morgan fingerprint density at radius 1 is 1.07 bits per heavy atom. The van der Waals surface area contributed by atoms with Crippen LogP contribution in [0.2, 0.25) is 0 Å². The molecular weight excluding hydrogens is 362 g/mol. The van der Waals surface area contributed by atoms with Crippen LogP contribution >= 0.6 is 11.3 Å². The lowest BCUT2D eigenvalue weighted by Crippen LogP contribution is -2.28. The van der Waals surface area contributed by atoms with Crippen LogP contribution in [0.1, 0.15) is 5.01 Å². The Labute approximate surface area is 158 Å². The number of hydrogen-bond acceptors (Lipinski definition) is 5. The normalized spacial score (nSPS) is 10.7. The van der Waals surface area contributed by atoms with Crippen LogP contribution in [0.3, 0.4) is 0 Å². The van der Waals surface area contributed by atoms with Crippen molar-refractivity contribution in [3.05, 3.63) is 81.5 Å². The van der Waals surface area contributed by atoms with Gasteiger partial charge in [0.05, 0.1) is 12.2 Å². The number of carbonyl (C=O) groups is 1. The number of benzene rings is 2. The van der Waals surface area contributed by atoms with E-state index in [-0.39, 0.29) is 6.03 Å². The number of hydrogen-bond donors (Lipinski definition) is 2. The fourth-order valence-corrected chi connectivity index (χ4v) is 3.36. The highest BCUT2D eigenvalue weighted by atomic mass is 32.1. The summed E-state index contributed by atoms with van der Waals surface area (Å²) in [7, 11) is 0. The van der Waals surface area contributed by atoms with Gasteiger partial charge in [0.1, 0.15) is 10.6 Å². The van der Waals surface area contributed by atoms with Crippen LogP contribution in [0, 0.1) is 0 Å². The number of carbonyl (C=O) groups excluding carboxylic acids is 1. The highest BCUT2D eigenvalue weighted by Crippen LogP contribution is 2.21. The first-order valence-corrected chi connectivity index (χ1v) is 9.14. The van der Waals surface area contributed by atoms with Crippen LogP contribution in [-0.2, 0) is 6.54 Å². The van der Waals surface area contributed by atoms with Gasteiger partial charge in [0, 0.05) is 28.1 Å². The first kappa shape index (κ1) is 17.0. The monoisotopic (exact) mass is 377 g/mol. The quantitative estimate of drug-likeness (QED) is 0.521. The Morgan fingerprint density at radius 3 is 2.78 bits per heavy atom. The molecule has 134 valence electrons. The van der Waals surface area contributed by atoms with E-state index in [2.05, 4.69) is 15.6 Å². The molecule has 0 saturated carbocycles. The van der Waals surface area contributed by atoms with Crippen molar-refractivity contribution >= 4 is 34.0 Å². The molecule has 0 aliphatic carbocycles. The summed E-state index contributed by atoms with van der Waals surface area (Å²) in [5.41, 5.74) is 2.63. The summed E-state index contributed by atoms with van der Waals surface area (Å²) < 4.78 is 5.07. The second kappa shape index (κ2) is 7.43. The number of fused-ring (bicyclic) bond motifs is 1. The average molecular weight is 377 g/mol. The maximum absolute atomic E-state index is 12.1. The minimum Gasteiger partial charge on any atom is -0.423 e. The number of thiazole rings is 1. The topological polar surface area (TPSA) is 84.2 Å². The van der Waals surface area contributed by atoms with E-state index in [0.29, 0.717) is 17.8 Å². The van der Waals surface area contributed by atoms with Crippen LogP contribution in [0.25, 0.3) is 22.2 Å². The molecule has 0 radical (unpaired) electrons. The van der Waals surface area contributed by atoms with Gasteiger partial charge in [-0.25, -0.2) is 14.6 Å². The van der Waals surface area contributed by atoms with Gasteiger partial charge < -0.3 is 15.1 Å². The van der Waals surface area contributed by atoms with Crippen LogP contribution < -0.4 is 16.3 Å². The zero-order valence-corrected chi connectivity index (χ0v) is 15.0. The predicted octanol–water partition coefficient (Wildman–Crippen LogP) is 4.24. The molecule has 2 heterocycles. The largest absolute Gasteiger partial charge is 0.423 e. The van der Waals surface area contributed by atoms with Crippen molar-refractivity contribution in [3.8, 4) is 11.3 Å². The van der Waals surface area contributed by atoms with Crippen molar-refractivity contribution in [3.63, 3.8) is 0 Å². The summed E-state index contributed by atoms with van der Waals surface area (Å²) in [5, 5.41) is 9.09. The van der Waals surface area contributed by atoms with E-state index < -0.39 is 5.63 Å². The molecule has 6 nitrogen and oxygen atoms in total. The van der Waals surface area contributed by atoms with Gasteiger partial charge in [-0.05, 0) is 24.3 Å². The second-order valence-corrected chi connectivity index (χ2v) is 6.75. The van der Waals surface area contributed by atoms with Gasteiger partial charge >= 0.3 is 11.7 Å². The first-order chi connectivity index (χ1) is 13.2. The van der Waals surface area contributed by atoms with Crippen LogP contribution in [-0.4, -0.2) is 11.0 Å². The van der Waals surface area contributed by atoms with Gasteiger partial charge in [0.2, 0.25) is 0 Å². The lowest BCUT2D eigenvalue weighted by molar-refractivity contribution is 0.251. The van der Waals surface area contributed by atoms with Crippen LogP contribution in [0.4, 0.5) is 10.5 Å². The number of aromatic nitrogens is 1. The third-order valence-corrected chi connectivity index (χ3v) is 4.75. The van der Waals surface area contributed by atoms with E-state index in [1.165, 1.54) is 17.4 Å². The predicted molar refractivity (Wildman–Crippen MR) is 106 cm³/mol. The van der Waals surface area contributed by atoms with Crippen LogP contribution in [0.15, 0.2) is 75.3 Å². The van der Waals surface area contributed by atoms with Crippen molar-refractivity contribution in [2.24, 2.45) is 0 Å². The first-order valence-electron chi connectivity index (χ1n) is 8.26. The second-order valence-electron chi connectivity index (χ2n) is 5.81. The van der Waals surface area contributed by atoms with Gasteiger partial charge in [-0.3, -0.25) is 0 Å². The molecule has 4 rings (SSSR count). The molecule has 0 unspecified atom stereocenters. The average Bonchev–Trinajstić information content (AvgIpc) is 3.16. The minimum absolute atomic E-state index is 0.330. The fourth-order valence-electron chi connectivity index (χ4n) is 2.61. The molecule has 2 N–H and O–H groups in total. The maximum atomic E-state index is 12.1. The zero-order valence-electron chi connectivity index (χ0n) is 14.1. The van der Waals surface area contributed by atoms with Crippen molar-refractivity contribution in [1.82, 2.24) is 10.3 Å². The smallest absolute Gasteiger partial charge is 0.336 e. The summed E-state index contributed by atoms with van der Waals surface area (Å²) in [6.07, 6.45) is 0. The van der Waals surface area contributed by atoms with E-state index in [0.717, 1.165) is 21.7 Å². The molecule has 4 aromatic rings. The lowest BCUT2D eigenvalue weighted by atomic mass is 10.2. The maximum Gasteiger partial charge on any atom is 0.336 e. The van der Waals surface area contributed by atoms with E-state index in [1.54, 1.807) is 24.3 Å². The molecule has 0 atom stereocenters. The van der Waals surface area contributed by atoms with E-state index in [1.807, 2.05) is 35.7 Å². The summed E-state index contributed by atoms with van der Waals surface area (Å²) >= 11 is 1.50. The number of nitrogens with one attached hydrogen (secondary N) is 2. The summed E-state index contributed by atoms with van der Waals surface area (Å²) in [4.78, 5) is 27.9. The zero-order chi connectivity index (χ0) is 18.6. The molecule has 0 fully saturated rings. The molecular formula is C20H15N3O3S. The van der Waals surface area contributed by atoms with Gasteiger partial charge in [-0.1, -0.05) is 30.3 Å². The Kier molecular flexibility index (Phi) is 4.67. The molecule has 0 saturated heterocycles.